The molecule has 3 N–H and O–H groups in total. The van der Waals surface area contributed by atoms with Crippen LogP contribution >= 0.6 is 0 Å². The maximum absolute atomic E-state index is 14.3. The van der Waals surface area contributed by atoms with E-state index in [1.54, 1.807) is 41.9 Å². The summed E-state index contributed by atoms with van der Waals surface area (Å²) in [4.78, 5) is 23.1. The van der Waals surface area contributed by atoms with E-state index in [2.05, 4.69) is 20.6 Å². The Kier molecular flexibility index (Phi) is 8.03. The fourth-order valence-corrected chi connectivity index (χ4v) is 4.69. The van der Waals surface area contributed by atoms with Crippen LogP contribution in [-0.4, -0.2) is 74.5 Å². The summed E-state index contributed by atoms with van der Waals surface area (Å²) in [5.41, 5.74) is -0.242. The largest absolute Gasteiger partial charge is 0.457 e. The number of hydrogen-bond donors (Lipinski definition) is 3. The third-order valence-corrected chi connectivity index (χ3v) is 7.25. The minimum absolute atomic E-state index is 0.00948. The highest BCUT2D eigenvalue weighted by Crippen LogP contribution is 2.34. The molecular weight excluding hydrogens is 558 g/mol. The number of rotatable bonds is 8. The molecule has 0 bridgehead atoms. The quantitative estimate of drug-likeness (QED) is 0.193. The Hall–Kier alpha value is -4.27. The summed E-state index contributed by atoms with van der Waals surface area (Å²) >= 11 is 0. The van der Waals surface area contributed by atoms with Crippen molar-refractivity contribution in [1.29, 1.82) is 0 Å². The number of anilines is 3. The molecule has 3 heterocycles. The van der Waals surface area contributed by atoms with Crippen molar-refractivity contribution in [2.45, 2.75) is 13.1 Å². The van der Waals surface area contributed by atoms with E-state index >= 15 is 0 Å². The summed E-state index contributed by atoms with van der Waals surface area (Å²) in [5, 5.41) is 15.7. The number of aryl methyl sites for hydroxylation is 1. The van der Waals surface area contributed by atoms with Crippen LogP contribution in [0, 0.1) is 5.82 Å². The van der Waals surface area contributed by atoms with Crippen molar-refractivity contribution < 1.29 is 36.9 Å². The number of benzene rings is 2. The van der Waals surface area contributed by atoms with Crippen LogP contribution in [0.15, 0.2) is 54.7 Å². The zero-order valence-electron chi connectivity index (χ0n) is 23.0. The number of ether oxygens (including phenoxy) is 1. The summed E-state index contributed by atoms with van der Waals surface area (Å²) in [6.45, 7) is 5.07. The first kappa shape index (κ1) is 29.2. The van der Waals surface area contributed by atoms with Crippen molar-refractivity contribution in [3.63, 3.8) is 0 Å². The first-order chi connectivity index (χ1) is 19.9. The van der Waals surface area contributed by atoms with Gasteiger partial charge in [-0.05, 0) is 43.3 Å². The van der Waals surface area contributed by atoms with Gasteiger partial charge in [-0.2, -0.15) is 17.8 Å². The highest BCUT2D eigenvalue weighted by Gasteiger charge is 2.32. The lowest BCUT2D eigenvalue weighted by atomic mass is 10.2. The zero-order chi connectivity index (χ0) is 30.1. The third-order valence-electron chi connectivity index (χ3n) is 7.25. The number of nitrogens with zero attached hydrogens (tertiary/aromatic N) is 5. The molecule has 10 nitrogen and oxygen atoms in total. The first-order valence-corrected chi connectivity index (χ1v) is 13.3. The number of pyridine rings is 1. The minimum atomic E-state index is -4.62. The molecule has 5 rings (SSSR count). The Bertz CT molecular complexity index is 1600. The number of nitrogens with one attached hydrogen (secondary N) is 2. The van der Waals surface area contributed by atoms with Gasteiger partial charge in [0.2, 0.25) is 11.9 Å². The SMILES string of the molecule is CC[N+]1(O)CCN(CC(=O)Nc2cc(Oc3ccc4c(c3)nc(Nc3cc(C(F)(F)F)ccc3F)n4C)ccn2)CC1. The number of fused-ring (bicyclic) bond motifs is 1. The molecule has 222 valence electrons. The fraction of sp³-hybridized carbons (Fsp3) is 0.321. The Morgan fingerprint density at radius 2 is 1.83 bits per heavy atom. The number of hydrogen-bond acceptors (Lipinski definition) is 7. The van der Waals surface area contributed by atoms with Gasteiger partial charge in [0, 0.05) is 25.4 Å². The predicted molar refractivity (Wildman–Crippen MR) is 147 cm³/mol. The normalized spacial score (nSPS) is 15.5. The summed E-state index contributed by atoms with van der Waals surface area (Å²) in [7, 11) is 1.65. The smallest absolute Gasteiger partial charge is 0.416 e. The summed E-state index contributed by atoms with van der Waals surface area (Å²) in [6.07, 6.45) is -3.12. The van der Waals surface area contributed by atoms with E-state index in [1.807, 2.05) is 11.8 Å². The van der Waals surface area contributed by atoms with Crippen molar-refractivity contribution in [3.05, 3.63) is 66.1 Å². The van der Waals surface area contributed by atoms with Crippen LogP contribution in [0.3, 0.4) is 0 Å². The Balaban J connectivity index is 1.25. The van der Waals surface area contributed by atoms with Crippen molar-refractivity contribution in [3.8, 4) is 11.5 Å². The van der Waals surface area contributed by atoms with E-state index in [9.17, 15) is 27.6 Å². The van der Waals surface area contributed by atoms with Crippen LogP contribution in [0.25, 0.3) is 11.0 Å². The molecule has 14 heteroatoms. The molecule has 1 saturated heterocycles. The number of carbonyl (C=O) groups is 1. The number of likely N-dealkylation sites (N-methyl/N-ethyl adjacent to an activating group) is 1. The van der Waals surface area contributed by atoms with Crippen molar-refractivity contribution in [1.82, 2.24) is 19.4 Å². The molecule has 0 unspecified atom stereocenters. The molecule has 0 radical (unpaired) electrons. The lowest BCUT2D eigenvalue weighted by Crippen LogP contribution is -2.58. The number of alkyl halides is 3. The second-order valence-corrected chi connectivity index (χ2v) is 10.1. The zero-order valence-corrected chi connectivity index (χ0v) is 23.0. The van der Waals surface area contributed by atoms with Gasteiger partial charge < -0.3 is 19.9 Å². The molecule has 2 aromatic heterocycles. The monoisotopic (exact) mass is 588 g/mol. The molecule has 0 aliphatic carbocycles. The molecule has 1 amide bonds. The highest BCUT2D eigenvalue weighted by atomic mass is 19.4. The molecule has 0 atom stereocenters. The van der Waals surface area contributed by atoms with Gasteiger partial charge in [0.1, 0.15) is 42.8 Å². The molecule has 4 aromatic rings. The lowest BCUT2D eigenvalue weighted by molar-refractivity contribution is -1.10. The number of halogens is 4. The Labute approximate surface area is 238 Å². The molecule has 42 heavy (non-hydrogen) atoms. The number of piperazine rings is 1. The van der Waals surface area contributed by atoms with Gasteiger partial charge in [0.25, 0.3) is 0 Å². The van der Waals surface area contributed by atoms with E-state index in [-0.39, 0.29) is 28.7 Å². The molecule has 1 aliphatic rings. The number of imidazole rings is 1. The average molecular weight is 589 g/mol. The van der Waals surface area contributed by atoms with Gasteiger partial charge in [-0.25, -0.2) is 19.6 Å². The van der Waals surface area contributed by atoms with Crippen molar-refractivity contribution in [2.75, 3.05) is 49.9 Å². The summed E-state index contributed by atoms with van der Waals surface area (Å²) < 4.78 is 61.1. The maximum Gasteiger partial charge on any atom is 0.416 e. The Morgan fingerprint density at radius 3 is 2.55 bits per heavy atom. The molecule has 1 fully saturated rings. The molecule has 2 aromatic carbocycles. The van der Waals surface area contributed by atoms with Gasteiger partial charge in [-0.1, -0.05) is 0 Å². The summed E-state index contributed by atoms with van der Waals surface area (Å²) in [5.74, 6) is 0.184. The van der Waals surface area contributed by atoms with Gasteiger partial charge in [0.15, 0.2) is 0 Å². The van der Waals surface area contributed by atoms with Crippen LogP contribution in [-0.2, 0) is 18.0 Å². The van der Waals surface area contributed by atoms with Crippen LogP contribution < -0.4 is 15.4 Å². The number of carbonyl (C=O) groups excluding carboxylic acids is 1. The molecule has 1 aliphatic heterocycles. The van der Waals surface area contributed by atoms with E-state index < -0.39 is 17.6 Å². The highest BCUT2D eigenvalue weighted by molar-refractivity contribution is 5.91. The van der Waals surface area contributed by atoms with Gasteiger partial charge in [0.05, 0.1) is 41.9 Å². The summed E-state index contributed by atoms with van der Waals surface area (Å²) in [6, 6.07) is 10.4. The van der Waals surface area contributed by atoms with Crippen LogP contribution in [0.2, 0.25) is 0 Å². The fourth-order valence-electron chi connectivity index (χ4n) is 4.69. The predicted octanol–water partition coefficient (Wildman–Crippen LogP) is 5.14. The Morgan fingerprint density at radius 1 is 1.10 bits per heavy atom. The number of hydroxylamine groups is 3. The van der Waals surface area contributed by atoms with Crippen LogP contribution in [0.4, 0.5) is 35.0 Å². The molecule has 0 saturated carbocycles. The topological polar surface area (TPSA) is 105 Å². The first-order valence-electron chi connectivity index (χ1n) is 13.3. The average Bonchev–Trinajstić information content (AvgIpc) is 3.25. The van der Waals surface area contributed by atoms with E-state index in [4.69, 9.17) is 4.74 Å². The minimum Gasteiger partial charge on any atom is -0.457 e. The van der Waals surface area contributed by atoms with Gasteiger partial charge in [-0.3, -0.25) is 9.69 Å². The molecule has 0 spiro atoms. The van der Waals surface area contributed by atoms with E-state index in [0.29, 0.717) is 73.2 Å². The number of amides is 1. The maximum atomic E-state index is 14.3. The van der Waals surface area contributed by atoms with Crippen molar-refractivity contribution >= 4 is 34.4 Å². The lowest BCUT2D eigenvalue weighted by Gasteiger charge is -2.37. The van der Waals surface area contributed by atoms with Gasteiger partial charge in [-0.15, -0.1) is 0 Å². The number of aromatic nitrogens is 3. The van der Waals surface area contributed by atoms with E-state index in [0.717, 1.165) is 6.07 Å². The standard InChI is InChI=1S/C28H29F4N7O3/c1-3-39(41)12-10-38(11-13-39)17-26(40)36-25-16-20(8-9-33-25)42-19-5-7-24-23(15-19)35-27(37(24)2)34-22-14-18(28(30,31)32)4-6-21(22)29/h4-9,14-16,41H,3,10-13,17H2,1-2H3,(H-,33,34,35,36,40)/p+1. The van der Waals surface area contributed by atoms with Crippen LogP contribution in [0.5, 0.6) is 11.5 Å². The third kappa shape index (κ3) is 6.61. The number of quaternary nitrogens is 1. The van der Waals surface area contributed by atoms with Crippen molar-refractivity contribution in [2.24, 2.45) is 7.05 Å². The van der Waals surface area contributed by atoms with Crippen LogP contribution in [0.1, 0.15) is 12.5 Å². The molecular formula is C28H30F4N7O3+. The van der Waals surface area contributed by atoms with Gasteiger partial charge >= 0.3 is 6.18 Å². The second kappa shape index (κ2) is 11.5. The van der Waals surface area contributed by atoms with E-state index in [1.165, 1.54) is 6.20 Å². The second-order valence-electron chi connectivity index (χ2n) is 10.1.